The van der Waals surface area contributed by atoms with Crippen LogP contribution < -0.4 is 15.4 Å². The molecule has 1 aliphatic rings. The van der Waals surface area contributed by atoms with E-state index in [0.717, 1.165) is 50.5 Å². The van der Waals surface area contributed by atoms with Gasteiger partial charge in [-0.1, -0.05) is 42.5 Å². The lowest BCUT2D eigenvalue weighted by molar-refractivity contribution is 0.0818. The van der Waals surface area contributed by atoms with Gasteiger partial charge < -0.3 is 15.4 Å². The Morgan fingerprint density at radius 1 is 1.09 bits per heavy atom. The van der Waals surface area contributed by atoms with Crippen molar-refractivity contribution in [2.75, 3.05) is 26.2 Å². The van der Waals surface area contributed by atoms with Gasteiger partial charge in [-0.25, -0.2) is 13.8 Å². The van der Waals surface area contributed by atoms with E-state index in [2.05, 4.69) is 44.8 Å². The summed E-state index contributed by atoms with van der Waals surface area (Å²) in [7, 11) is 0. The maximum atomic E-state index is 12.3. The zero-order valence-electron chi connectivity index (χ0n) is 18.5. The molecule has 0 aromatic heterocycles. The highest BCUT2D eigenvalue weighted by Gasteiger charge is 2.20. The molecule has 0 aliphatic carbocycles. The largest absolute Gasteiger partial charge is 0.488 e. The van der Waals surface area contributed by atoms with E-state index in [-0.39, 0.29) is 24.0 Å². The van der Waals surface area contributed by atoms with Crippen LogP contribution in [0.3, 0.4) is 0 Å². The summed E-state index contributed by atoms with van der Waals surface area (Å²) in [5, 5.41) is 6.85. The average molecular weight is 558 g/mol. The number of nitrogens with zero attached hydrogens (tertiary/aromatic N) is 2. The highest BCUT2D eigenvalue weighted by atomic mass is 127. The Kier molecular flexibility index (Phi) is 11.7. The Morgan fingerprint density at radius 2 is 1.81 bits per heavy atom. The van der Waals surface area contributed by atoms with Gasteiger partial charge in [-0.3, -0.25) is 4.90 Å². The number of halogens is 3. The standard InChI is InChI=1S/C24H32F2N4O.HI/c1-2-27-24(28-16-20-9-6-10-22(15-20)31-18-23(25)26)29-21-11-13-30(14-12-21)17-19-7-4-3-5-8-19;/h3-10,15,21,23H,2,11-14,16-18H2,1H3,(H2,27,28,29);1H. The van der Waals surface area contributed by atoms with Gasteiger partial charge in [-0.15, -0.1) is 24.0 Å². The van der Waals surface area contributed by atoms with Crippen molar-refractivity contribution >= 4 is 29.9 Å². The molecule has 2 aromatic rings. The van der Waals surface area contributed by atoms with E-state index < -0.39 is 13.0 Å². The van der Waals surface area contributed by atoms with E-state index in [9.17, 15) is 8.78 Å². The highest BCUT2D eigenvalue weighted by Crippen LogP contribution is 2.16. The first-order valence-corrected chi connectivity index (χ1v) is 10.9. The van der Waals surface area contributed by atoms with E-state index in [1.807, 2.05) is 19.1 Å². The van der Waals surface area contributed by atoms with Crippen LogP contribution in [-0.2, 0) is 13.1 Å². The van der Waals surface area contributed by atoms with Gasteiger partial charge in [0.2, 0.25) is 0 Å². The first-order valence-electron chi connectivity index (χ1n) is 10.9. The number of rotatable bonds is 9. The number of alkyl halides is 2. The van der Waals surface area contributed by atoms with Crippen molar-refractivity contribution in [2.45, 2.75) is 45.3 Å². The maximum Gasteiger partial charge on any atom is 0.272 e. The molecule has 0 radical (unpaired) electrons. The summed E-state index contributed by atoms with van der Waals surface area (Å²) in [6.07, 6.45) is -0.354. The monoisotopic (exact) mass is 558 g/mol. The van der Waals surface area contributed by atoms with Gasteiger partial charge in [0.25, 0.3) is 6.43 Å². The molecule has 1 fully saturated rings. The summed E-state index contributed by atoms with van der Waals surface area (Å²) >= 11 is 0. The molecule has 1 aliphatic heterocycles. The van der Waals surface area contributed by atoms with E-state index >= 15 is 0 Å². The van der Waals surface area contributed by atoms with E-state index in [1.165, 1.54) is 5.56 Å². The summed E-state index contributed by atoms with van der Waals surface area (Å²) in [5.74, 6) is 1.22. The van der Waals surface area contributed by atoms with Gasteiger partial charge in [0.1, 0.15) is 12.4 Å². The molecule has 0 saturated carbocycles. The predicted octanol–water partition coefficient (Wildman–Crippen LogP) is 4.67. The van der Waals surface area contributed by atoms with Crippen LogP contribution in [0.1, 0.15) is 30.9 Å². The molecule has 5 nitrogen and oxygen atoms in total. The summed E-state index contributed by atoms with van der Waals surface area (Å²) in [6, 6.07) is 18.1. The lowest BCUT2D eigenvalue weighted by atomic mass is 10.0. The van der Waals surface area contributed by atoms with Crippen molar-refractivity contribution in [3.05, 3.63) is 65.7 Å². The minimum Gasteiger partial charge on any atom is -0.488 e. The summed E-state index contributed by atoms with van der Waals surface area (Å²) in [4.78, 5) is 7.17. The smallest absolute Gasteiger partial charge is 0.272 e. The molecule has 1 heterocycles. The molecule has 3 rings (SSSR count). The number of hydrogen-bond acceptors (Lipinski definition) is 3. The molecular formula is C24H33F2IN4O. The fourth-order valence-corrected chi connectivity index (χ4v) is 3.65. The van der Waals surface area contributed by atoms with Gasteiger partial charge in [0, 0.05) is 32.2 Å². The van der Waals surface area contributed by atoms with Crippen molar-refractivity contribution in [3.8, 4) is 5.75 Å². The Bertz CT molecular complexity index is 815. The van der Waals surface area contributed by atoms with Crippen molar-refractivity contribution in [1.82, 2.24) is 15.5 Å². The second-order valence-corrected chi connectivity index (χ2v) is 7.73. The van der Waals surface area contributed by atoms with Crippen LogP contribution in [0.15, 0.2) is 59.6 Å². The third kappa shape index (κ3) is 9.28. The van der Waals surface area contributed by atoms with Gasteiger partial charge in [-0.2, -0.15) is 0 Å². The molecule has 32 heavy (non-hydrogen) atoms. The molecule has 0 amide bonds. The quantitative estimate of drug-likeness (QED) is 0.267. The number of benzene rings is 2. The molecule has 0 unspecified atom stereocenters. The maximum absolute atomic E-state index is 12.3. The van der Waals surface area contributed by atoms with Crippen LogP contribution in [0, 0.1) is 0 Å². The second-order valence-electron chi connectivity index (χ2n) is 7.73. The second kappa shape index (κ2) is 14.3. The number of likely N-dealkylation sites (tertiary alicyclic amines) is 1. The molecular weight excluding hydrogens is 525 g/mol. The van der Waals surface area contributed by atoms with E-state index in [4.69, 9.17) is 4.74 Å². The molecule has 1 saturated heterocycles. The van der Waals surface area contributed by atoms with Crippen LogP contribution in [0.25, 0.3) is 0 Å². The number of ether oxygens (including phenoxy) is 1. The number of aliphatic imine (C=N–C) groups is 1. The molecule has 0 atom stereocenters. The predicted molar refractivity (Wildman–Crippen MR) is 136 cm³/mol. The zero-order valence-corrected chi connectivity index (χ0v) is 20.8. The fraction of sp³-hybridized carbons (Fsp3) is 0.458. The normalized spacial score (nSPS) is 15.3. The third-order valence-corrected chi connectivity index (χ3v) is 5.22. The molecule has 2 aromatic carbocycles. The van der Waals surface area contributed by atoms with Crippen LogP contribution in [0.4, 0.5) is 8.78 Å². The minimum atomic E-state index is -2.48. The molecule has 0 spiro atoms. The Balaban J connectivity index is 0.00000363. The van der Waals surface area contributed by atoms with Gasteiger partial charge in [0.15, 0.2) is 5.96 Å². The number of hydrogen-bond donors (Lipinski definition) is 2. The van der Waals surface area contributed by atoms with Gasteiger partial charge >= 0.3 is 0 Å². The van der Waals surface area contributed by atoms with Gasteiger partial charge in [0.05, 0.1) is 6.54 Å². The van der Waals surface area contributed by atoms with Crippen molar-refractivity contribution in [3.63, 3.8) is 0 Å². The summed E-state index contributed by atoms with van der Waals surface area (Å²) in [5.41, 5.74) is 2.27. The van der Waals surface area contributed by atoms with Crippen LogP contribution >= 0.6 is 24.0 Å². The van der Waals surface area contributed by atoms with E-state index in [1.54, 1.807) is 18.2 Å². The Morgan fingerprint density at radius 3 is 2.50 bits per heavy atom. The molecule has 2 N–H and O–H groups in total. The Labute approximate surface area is 206 Å². The average Bonchev–Trinajstić information content (AvgIpc) is 2.78. The van der Waals surface area contributed by atoms with Crippen LogP contribution in [0.2, 0.25) is 0 Å². The van der Waals surface area contributed by atoms with Crippen molar-refractivity contribution < 1.29 is 13.5 Å². The van der Waals surface area contributed by atoms with Crippen molar-refractivity contribution in [2.24, 2.45) is 4.99 Å². The first-order chi connectivity index (χ1) is 15.1. The van der Waals surface area contributed by atoms with Crippen LogP contribution in [0.5, 0.6) is 5.75 Å². The number of nitrogens with one attached hydrogen (secondary N) is 2. The zero-order chi connectivity index (χ0) is 21.9. The van der Waals surface area contributed by atoms with Crippen LogP contribution in [-0.4, -0.2) is 49.6 Å². The van der Waals surface area contributed by atoms with E-state index in [0.29, 0.717) is 18.3 Å². The molecule has 8 heteroatoms. The molecule has 0 bridgehead atoms. The first kappa shape index (κ1) is 26.3. The Hall–Kier alpha value is -1.94. The fourth-order valence-electron chi connectivity index (χ4n) is 3.65. The lowest BCUT2D eigenvalue weighted by Gasteiger charge is -2.33. The topological polar surface area (TPSA) is 48.9 Å². The van der Waals surface area contributed by atoms with Crippen molar-refractivity contribution in [1.29, 1.82) is 0 Å². The number of guanidine groups is 1. The SMILES string of the molecule is CCNC(=NCc1cccc(OCC(F)F)c1)NC1CCN(Cc2ccccc2)CC1.I. The highest BCUT2D eigenvalue weighted by molar-refractivity contribution is 14.0. The number of piperidine rings is 1. The minimum absolute atomic E-state index is 0. The lowest BCUT2D eigenvalue weighted by Crippen LogP contribution is -2.48. The summed E-state index contributed by atoms with van der Waals surface area (Å²) < 4.78 is 29.8. The molecule has 176 valence electrons. The summed E-state index contributed by atoms with van der Waals surface area (Å²) in [6.45, 7) is 5.76. The third-order valence-electron chi connectivity index (χ3n) is 5.22. The van der Waals surface area contributed by atoms with Gasteiger partial charge in [-0.05, 0) is 43.0 Å².